The fourth-order valence-corrected chi connectivity index (χ4v) is 3.49. The van der Waals surface area contributed by atoms with Crippen LogP contribution in [0.2, 0.25) is 10.0 Å². The number of nitrogens with two attached hydrogens (primary N) is 1. The van der Waals surface area contributed by atoms with Crippen LogP contribution in [0.3, 0.4) is 0 Å². The van der Waals surface area contributed by atoms with Gasteiger partial charge in [0.05, 0.1) is 23.6 Å². The van der Waals surface area contributed by atoms with E-state index >= 15 is 0 Å². The highest BCUT2D eigenvalue weighted by molar-refractivity contribution is 7.99. The maximum Gasteiger partial charge on any atom is 0.234 e. The van der Waals surface area contributed by atoms with Gasteiger partial charge in [-0.15, -0.1) is 10.2 Å². The summed E-state index contributed by atoms with van der Waals surface area (Å²) in [6, 6.07) is 12.5. The molecule has 0 bridgehead atoms. The zero-order valence-corrected chi connectivity index (χ0v) is 17.2. The lowest BCUT2D eigenvalue weighted by Gasteiger charge is -2.07. The smallest absolute Gasteiger partial charge is 0.234 e. The van der Waals surface area contributed by atoms with Crippen LogP contribution >= 0.6 is 35.0 Å². The van der Waals surface area contributed by atoms with Crippen LogP contribution < -0.4 is 15.9 Å². The van der Waals surface area contributed by atoms with E-state index in [0.29, 0.717) is 33.1 Å². The largest absolute Gasteiger partial charge is 0.497 e. The van der Waals surface area contributed by atoms with Gasteiger partial charge in [-0.1, -0.05) is 47.1 Å². The Kier molecular flexibility index (Phi) is 6.66. The summed E-state index contributed by atoms with van der Waals surface area (Å²) in [6.45, 7) is 0. The minimum atomic E-state index is -0.242. The number of thioether (sulfide) groups is 1. The Labute approximate surface area is 176 Å². The van der Waals surface area contributed by atoms with E-state index in [-0.39, 0.29) is 11.7 Å². The van der Waals surface area contributed by atoms with Gasteiger partial charge in [0.25, 0.3) is 0 Å². The third kappa shape index (κ3) is 5.09. The van der Waals surface area contributed by atoms with Gasteiger partial charge < -0.3 is 15.9 Å². The van der Waals surface area contributed by atoms with Gasteiger partial charge in [-0.25, -0.2) is 4.68 Å². The van der Waals surface area contributed by atoms with Crippen molar-refractivity contribution in [1.29, 1.82) is 0 Å². The Bertz CT molecular complexity index is 979. The van der Waals surface area contributed by atoms with Crippen LogP contribution in [0, 0.1) is 0 Å². The molecule has 7 nitrogen and oxygen atoms in total. The molecule has 3 N–H and O–H groups in total. The number of nitrogens with zero attached hydrogens (tertiary/aromatic N) is 3. The first kappa shape index (κ1) is 20.3. The van der Waals surface area contributed by atoms with Crippen LogP contribution in [-0.4, -0.2) is 33.6 Å². The number of hydrogen-bond acceptors (Lipinski definition) is 6. The third-order valence-electron chi connectivity index (χ3n) is 3.79. The van der Waals surface area contributed by atoms with Crippen molar-refractivity contribution in [2.24, 2.45) is 0 Å². The molecular weight excluding hydrogens is 421 g/mol. The molecule has 0 aliphatic heterocycles. The summed E-state index contributed by atoms with van der Waals surface area (Å²) in [5, 5.41) is 12.2. The van der Waals surface area contributed by atoms with Gasteiger partial charge in [0.15, 0.2) is 5.82 Å². The molecule has 0 atom stereocenters. The molecule has 1 aromatic heterocycles. The molecule has 0 saturated heterocycles. The lowest BCUT2D eigenvalue weighted by molar-refractivity contribution is -0.113. The molecule has 0 unspecified atom stereocenters. The van der Waals surface area contributed by atoms with E-state index in [1.54, 1.807) is 25.3 Å². The van der Waals surface area contributed by atoms with Gasteiger partial charge in [0.1, 0.15) is 5.75 Å². The highest BCUT2D eigenvalue weighted by atomic mass is 35.5. The average Bonchev–Trinajstić information content (AvgIpc) is 3.02. The van der Waals surface area contributed by atoms with Crippen LogP contribution in [0.1, 0.15) is 11.4 Å². The predicted octanol–water partition coefficient (Wildman–Crippen LogP) is 3.63. The zero-order chi connectivity index (χ0) is 20.1. The number of nitrogen functional groups attached to an aromatic ring is 1. The van der Waals surface area contributed by atoms with E-state index in [1.165, 1.54) is 16.4 Å². The van der Waals surface area contributed by atoms with E-state index < -0.39 is 0 Å². The van der Waals surface area contributed by atoms with Gasteiger partial charge in [-0.3, -0.25) is 4.79 Å². The molecule has 28 heavy (non-hydrogen) atoms. The quantitative estimate of drug-likeness (QED) is 0.432. The molecule has 10 heteroatoms. The van der Waals surface area contributed by atoms with E-state index in [2.05, 4.69) is 15.5 Å². The third-order valence-corrected chi connectivity index (χ3v) is 5.28. The second-order valence-electron chi connectivity index (χ2n) is 5.75. The number of halogens is 2. The number of amides is 1. The molecule has 0 aliphatic rings. The number of hydrogen-bond donors (Lipinski definition) is 2. The minimum Gasteiger partial charge on any atom is -0.497 e. The zero-order valence-electron chi connectivity index (χ0n) is 14.9. The van der Waals surface area contributed by atoms with Crippen molar-refractivity contribution in [2.45, 2.75) is 11.6 Å². The van der Waals surface area contributed by atoms with Crippen molar-refractivity contribution >= 4 is 46.6 Å². The average molecular weight is 438 g/mol. The summed E-state index contributed by atoms with van der Waals surface area (Å²) < 4.78 is 6.53. The molecular formula is C18H17Cl2N5O2S. The van der Waals surface area contributed by atoms with E-state index in [1.807, 2.05) is 24.3 Å². The summed E-state index contributed by atoms with van der Waals surface area (Å²) in [5.74, 6) is 7.30. The lowest BCUT2D eigenvalue weighted by atomic mass is 10.1. The van der Waals surface area contributed by atoms with Gasteiger partial charge in [-0.05, 0) is 35.9 Å². The SMILES string of the molecule is COc1ccc(Cc2nnc(SCC(=O)Nc3ccc(Cl)cc3Cl)n2N)cc1. The molecule has 0 aliphatic carbocycles. The Morgan fingerprint density at radius 1 is 1.21 bits per heavy atom. The molecule has 1 amide bonds. The van der Waals surface area contributed by atoms with Gasteiger partial charge in [0, 0.05) is 11.4 Å². The Balaban J connectivity index is 1.58. The van der Waals surface area contributed by atoms with Crippen molar-refractivity contribution in [2.75, 3.05) is 24.0 Å². The first-order valence-corrected chi connectivity index (χ1v) is 9.90. The number of nitrogens with one attached hydrogen (secondary N) is 1. The van der Waals surface area contributed by atoms with E-state index in [4.69, 9.17) is 33.8 Å². The number of methoxy groups -OCH3 is 1. The van der Waals surface area contributed by atoms with E-state index in [9.17, 15) is 4.79 Å². The fraction of sp³-hybridized carbons (Fsp3) is 0.167. The second-order valence-corrected chi connectivity index (χ2v) is 7.54. The number of carbonyl (C=O) groups is 1. The molecule has 146 valence electrons. The maximum atomic E-state index is 12.2. The minimum absolute atomic E-state index is 0.108. The van der Waals surface area contributed by atoms with Crippen LogP contribution in [0.5, 0.6) is 5.75 Å². The molecule has 0 saturated carbocycles. The van der Waals surface area contributed by atoms with Crippen molar-refractivity contribution in [3.8, 4) is 5.75 Å². The summed E-state index contributed by atoms with van der Waals surface area (Å²) >= 11 is 13.1. The van der Waals surface area contributed by atoms with Gasteiger partial charge in [-0.2, -0.15) is 0 Å². The Hall–Kier alpha value is -2.42. The summed E-state index contributed by atoms with van der Waals surface area (Å²) in [7, 11) is 1.62. The molecule has 0 fully saturated rings. The first-order valence-electron chi connectivity index (χ1n) is 8.16. The van der Waals surface area contributed by atoms with Gasteiger partial charge >= 0.3 is 0 Å². The normalized spacial score (nSPS) is 10.7. The van der Waals surface area contributed by atoms with Crippen molar-refractivity contribution in [1.82, 2.24) is 14.9 Å². The molecule has 1 heterocycles. The lowest BCUT2D eigenvalue weighted by Crippen LogP contribution is -2.17. The maximum absolute atomic E-state index is 12.2. The standard InChI is InChI=1S/C18H17Cl2N5O2S/c1-27-13-5-2-11(3-6-13)8-16-23-24-18(25(16)21)28-10-17(26)22-15-7-4-12(19)9-14(15)20/h2-7,9H,8,10,21H2,1H3,(H,22,26). The molecule has 3 aromatic rings. The first-order chi connectivity index (χ1) is 13.5. The summed E-state index contributed by atoms with van der Waals surface area (Å²) in [4.78, 5) is 12.2. The Morgan fingerprint density at radius 3 is 2.64 bits per heavy atom. The highest BCUT2D eigenvalue weighted by Crippen LogP contribution is 2.26. The van der Waals surface area contributed by atoms with E-state index in [0.717, 1.165) is 11.3 Å². The molecule has 2 aromatic carbocycles. The predicted molar refractivity (Wildman–Crippen MR) is 112 cm³/mol. The Morgan fingerprint density at radius 2 is 1.96 bits per heavy atom. The topological polar surface area (TPSA) is 95.1 Å². The molecule has 3 rings (SSSR count). The van der Waals surface area contributed by atoms with Crippen LogP contribution in [0.25, 0.3) is 0 Å². The van der Waals surface area contributed by atoms with Crippen LogP contribution in [0.15, 0.2) is 47.6 Å². The number of anilines is 1. The van der Waals surface area contributed by atoms with Crippen molar-refractivity contribution < 1.29 is 9.53 Å². The summed E-state index contributed by atoms with van der Waals surface area (Å²) in [5.41, 5.74) is 1.51. The van der Waals surface area contributed by atoms with Gasteiger partial charge in [0.2, 0.25) is 11.1 Å². The monoisotopic (exact) mass is 437 g/mol. The van der Waals surface area contributed by atoms with Crippen molar-refractivity contribution in [3.05, 3.63) is 63.9 Å². The number of carbonyl (C=O) groups excluding carboxylic acids is 1. The fourth-order valence-electron chi connectivity index (χ4n) is 2.36. The van der Waals surface area contributed by atoms with Crippen molar-refractivity contribution in [3.63, 3.8) is 0 Å². The number of benzene rings is 2. The second kappa shape index (κ2) is 9.18. The number of rotatable bonds is 7. The highest BCUT2D eigenvalue weighted by Gasteiger charge is 2.14. The molecule has 0 radical (unpaired) electrons. The summed E-state index contributed by atoms with van der Waals surface area (Å²) in [6.07, 6.45) is 0.515. The molecule has 0 spiro atoms. The number of aromatic nitrogens is 3. The van der Waals surface area contributed by atoms with Crippen LogP contribution in [0.4, 0.5) is 5.69 Å². The number of ether oxygens (including phenoxy) is 1. The van der Waals surface area contributed by atoms with Crippen LogP contribution in [-0.2, 0) is 11.2 Å².